The van der Waals surface area contributed by atoms with Gasteiger partial charge < -0.3 is 5.73 Å². The molecule has 0 saturated heterocycles. The Morgan fingerprint density at radius 1 is 1.28 bits per heavy atom. The Morgan fingerprint density at radius 3 is 2.94 bits per heavy atom. The zero-order chi connectivity index (χ0) is 12.5. The first kappa shape index (κ1) is 11.0. The maximum atomic E-state index is 6.18. The fourth-order valence-corrected chi connectivity index (χ4v) is 2.57. The molecule has 2 N–H and O–H groups in total. The number of nitrogen functional groups attached to an aromatic ring is 1. The Balaban J connectivity index is 2.08. The summed E-state index contributed by atoms with van der Waals surface area (Å²) in [5, 5.41) is 6.90. The number of anilines is 1. The van der Waals surface area contributed by atoms with Crippen LogP contribution in [0.3, 0.4) is 0 Å². The number of hydrogen-bond acceptors (Lipinski definition) is 5. The molecule has 3 aromatic rings. The third-order valence-electron chi connectivity index (χ3n) is 2.69. The van der Waals surface area contributed by atoms with Gasteiger partial charge >= 0.3 is 0 Å². The van der Waals surface area contributed by atoms with E-state index in [9.17, 15) is 0 Å². The molecule has 3 rings (SSSR count). The van der Waals surface area contributed by atoms with Crippen LogP contribution in [0.1, 0.15) is 0 Å². The van der Waals surface area contributed by atoms with E-state index < -0.39 is 0 Å². The van der Waals surface area contributed by atoms with E-state index in [0.29, 0.717) is 0 Å². The molecule has 0 radical (unpaired) electrons. The summed E-state index contributed by atoms with van der Waals surface area (Å²) in [6.07, 6.45) is 5.08. The van der Waals surface area contributed by atoms with Gasteiger partial charge in [0, 0.05) is 35.1 Å². The second-order valence-corrected chi connectivity index (χ2v) is 4.85. The molecule has 2 aromatic heterocycles. The van der Waals surface area contributed by atoms with Crippen molar-refractivity contribution in [2.45, 2.75) is 10.1 Å². The SMILES string of the molecule is Cn1ncnc1Sc1ccc2cnccc2c1N. The summed E-state index contributed by atoms with van der Waals surface area (Å²) in [6, 6.07) is 5.92. The van der Waals surface area contributed by atoms with Crippen LogP contribution in [-0.2, 0) is 7.05 Å². The van der Waals surface area contributed by atoms with Gasteiger partial charge in [-0.05, 0) is 23.9 Å². The lowest BCUT2D eigenvalue weighted by molar-refractivity contribution is 0.685. The van der Waals surface area contributed by atoms with Crippen molar-refractivity contribution in [2.75, 3.05) is 5.73 Å². The molecule has 0 bridgehead atoms. The quantitative estimate of drug-likeness (QED) is 0.712. The van der Waals surface area contributed by atoms with Gasteiger partial charge in [-0.3, -0.25) is 4.98 Å². The number of benzene rings is 1. The molecule has 18 heavy (non-hydrogen) atoms. The molecule has 5 nitrogen and oxygen atoms in total. The molecular weight excluding hydrogens is 246 g/mol. The lowest BCUT2D eigenvalue weighted by atomic mass is 10.1. The normalized spacial score (nSPS) is 10.9. The van der Waals surface area contributed by atoms with Gasteiger partial charge in [0.25, 0.3) is 0 Å². The lowest BCUT2D eigenvalue weighted by Gasteiger charge is -2.07. The standard InChI is InChI=1S/C12H11N5S/c1-17-12(15-7-16-17)18-10-3-2-8-6-14-5-4-9(8)11(10)13/h2-7H,13H2,1H3. The number of pyridine rings is 1. The first-order valence-electron chi connectivity index (χ1n) is 5.40. The van der Waals surface area contributed by atoms with Gasteiger partial charge in [-0.1, -0.05) is 6.07 Å². The van der Waals surface area contributed by atoms with Gasteiger partial charge in [0.05, 0.1) is 5.69 Å². The number of rotatable bonds is 2. The van der Waals surface area contributed by atoms with Crippen LogP contribution in [0, 0.1) is 0 Å². The van der Waals surface area contributed by atoms with Crippen molar-refractivity contribution >= 4 is 28.2 Å². The molecule has 0 aliphatic rings. The minimum Gasteiger partial charge on any atom is -0.397 e. The molecule has 0 saturated carbocycles. The van der Waals surface area contributed by atoms with Gasteiger partial charge in [-0.15, -0.1) is 0 Å². The zero-order valence-corrected chi connectivity index (χ0v) is 10.6. The number of nitrogens with zero attached hydrogens (tertiary/aromatic N) is 4. The van der Waals surface area contributed by atoms with Crippen molar-refractivity contribution in [3.8, 4) is 0 Å². The van der Waals surface area contributed by atoms with E-state index in [-0.39, 0.29) is 0 Å². The Kier molecular flexibility index (Phi) is 2.64. The van der Waals surface area contributed by atoms with E-state index in [0.717, 1.165) is 26.5 Å². The zero-order valence-electron chi connectivity index (χ0n) is 9.74. The Bertz CT molecular complexity index is 707. The van der Waals surface area contributed by atoms with Crippen molar-refractivity contribution in [3.05, 3.63) is 36.9 Å². The molecule has 6 heteroatoms. The van der Waals surface area contributed by atoms with E-state index in [1.807, 2.05) is 31.4 Å². The lowest BCUT2D eigenvalue weighted by Crippen LogP contribution is -1.95. The molecule has 1 aromatic carbocycles. The average Bonchev–Trinajstić information content (AvgIpc) is 2.79. The fraction of sp³-hybridized carbons (Fsp3) is 0.0833. The highest BCUT2D eigenvalue weighted by molar-refractivity contribution is 7.99. The van der Waals surface area contributed by atoms with Crippen LogP contribution in [0.4, 0.5) is 5.69 Å². The van der Waals surface area contributed by atoms with E-state index >= 15 is 0 Å². The molecule has 2 heterocycles. The molecule has 0 unspecified atom stereocenters. The number of aromatic nitrogens is 4. The summed E-state index contributed by atoms with van der Waals surface area (Å²) >= 11 is 1.51. The summed E-state index contributed by atoms with van der Waals surface area (Å²) < 4.78 is 1.72. The molecule has 0 spiro atoms. The van der Waals surface area contributed by atoms with Gasteiger partial charge in [0.2, 0.25) is 0 Å². The van der Waals surface area contributed by atoms with Crippen LogP contribution >= 0.6 is 11.8 Å². The Hall–Kier alpha value is -2.08. The second-order valence-electron chi connectivity index (χ2n) is 3.84. The first-order valence-corrected chi connectivity index (χ1v) is 6.21. The van der Waals surface area contributed by atoms with Crippen molar-refractivity contribution < 1.29 is 0 Å². The van der Waals surface area contributed by atoms with E-state index in [2.05, 4.69) is 15.1 Å². The van der Waals surface area contributed by atoms with Crippen LogP contribution < -0.4 is 5.73 Å². The molecule has 0 amide bonds. The largest absolute Gasteiger partial charge is 0.397 e. The summed E-state index contributed by atoms with van der Waals surface area (Å²) in [5.41, 5.74) is 6.93. The number of fused-ring (bicyclic) bond motifs is 1. The highest BCUT2D eigenvalue weighted by Crippen LogP contribution is 2.34. The summed E-state index contributed by atoms with van der Waals surface area (Å²) in [6.45, 7) is 0. The third-order valence-corrected chi connectivity index (χ3v) is 3.82. The first-order chi connectivity index (χ1) is 8.75. The van der Waals surface area contributed by atoms with Crippen LogP contribution in [0.25, 0.3) is 10.8 Å². The molecular formula is C12H11N5S. The highest BCUT2D eigenvalue weighted by Gasteiger charge is 2.09. The van der Waals surface area contributed by atoms with Crippen molar-refractivity contribution in [1.82, 2.24) is 19.7 Å². The molecule has 90 valence electrons. The minimum absolute atomic E-state index is 0.753. The predicted octanol–water partition coefficient (Wildman–Crippen LogP) is 2.10. The third kappa shape index (κ3) is 1.80. The Labute approximate surface area is 108 Å². The molecule has 0 aliphatic heterocycles. The van der Waals surface area contributed by atoms with Crippen molar-refractivity contribution in [3.63, 3.8) is 0 Å². The van der Waals surface area contributed by atoms with Crippen molar-refractivity contribution in [1.29, 1.82) is 0 Å². The molecule has 0 fully saturated rings. The van der Waals surface area contributed by atoms with Crippen LogP contribution in [0.15, 0.2) is 47.0 Å². The second kappa shape index (κ2) is 4.30. The summed E-state index contributed by atoms with van der Waals surface area (Å²) in [5.74, 6) is 0. The average molecular weight is 257 g/mol. The van der Waals surface area contributed by atoms with Gasteiger partial charge in [0.15, 0.2) is 5.16 Å². The predicted molar refractivity (Wildman–Crippen MR) is 71.3 cm³/mol. The van der Waals surface area contributed by atoms with Gasteiger partial charge in [0.1, 0.15) is 6.33 Å². The minimum atomic E-state index is 0.753. The number of hydrogen-bond donors (Lipinski definition) is 1. The van der Waals surface area contributed by atoms with Crippen molar-refractivity contribution in [2.24, 2.45) is 7.05 Å². The highest BCUT2D eigenvalue weighted by atomic mass is 32.2. The maximum Gasteiger partial charge on any atom is 0.190 e. The van der Waals surface area contributed by atoms with Gasteiger partial charge in [-0.25, -0.2) is 9.67 Å². The van der Waals surface area contributed by atoms with E-state index in [1.165, 1.54) is 18.1 Å². The van der Waals surface area contributed by atoms with Gasteiger partial charge in [-0.2, -0.15) is 5.10 Å². The topological polar surface area (TPSA) is 69.6 Å². The maximum absolute atomic E-state index is 6.18. The number of nitrogens with two attached hydrogens (primary N) is 1. The molecule has 0 aliphatic carbocycles. The summed E-state index contributed by atoms with van der Waals surface area (Å²) in [7, 11) is 1.86. The van der Waals surface area contributed by atoms with Crippen LogP contribution in [-0.4, -0.2) is 19.7 Å². The van der Waals surface area contributed by atoms with E-state index in [1.54, 1.807) is 10.9 Å². The smallest absolute Gasteiger partial charge is 0.190 e. The number of aryl methyl sites for hydroxylation is 1. The van der Waals surface area contributed by atoms with Crippen LogP contribution in [0.2, 0.25) is 0 Å². The summed E-state index contributed by atoms with van der Waals surface area (Å²) in [4.78, 5) is 9.24. The fourth-order valence-electron chi connectivity index (χ4n) is 1.74. The van der Waals surface area contributed by atoms with E-state index in [4.69, 9.17) is 5.73 Å². The monoisotopic (exact) mass is 257 g/mol. The van der Waals surface area contributed by atoms with Crippen LogP contribution in [0.5, 0.6) is 0 Å². The Morgan fingerprint density at radius 2 is 2.17 bits per heavy atom. The molecule has 0 atom stereocenters.